The van der Waals surface area contributed by atoms with Crippen LogP contribution in [0.25, 0.3) is 0 Å². The summed E-state index contributed by atoms with van der Waals surface area (Å²) in [7, 11) is 2.08. The van der Waals surface area contributed by atoms with Crippen molar-refractivity contribution in [1.29, 1.82) is 0 Å². The van der Waals surface area contributed by atoms with E-state index in [9.17, 15) is 4.79 Å². The van der Waals surface area contributed by atoms with Crippen LogP contribution < -0.4 is 5.32 Å². The maximum Gasteiger partial charge on any atom is 0.226 e. The predicted octanol–water partition coefficient (Wildman–Crippen LogP) is 2.64. The highest BCUT2D eigenvalue weighted by Crippen LogP contribution is 2.31. The van der Waals surface area contributed by atoms with E-state index in [-0.39, 0.29) is 11.9 Å². The van der Waals surface area contributed by atoms with Crippen LogP contribution in [0.4, 0.5) is 5.69 Å². The molecule has 0 spiro atoms. The number of nitrogens with one attached hydrogen (secondary N) is 1. The van der Waals surface area contributed by atoms with Crippen LogP contribution in [0.15, 0.2) is 48.8 Å². The van der Waals surface area contributed by atoms with E-state index >= 15 is 0 Å². The van der Waals surface area contributed by atoms with Gasteiger partial charge in [0.05, 0.1) is 0 Å². The topological polar surface area (TPSA) is 45.2 Å². The molecule has 1 aromatic heterocycles. The highest BCUT2D eigenvalue weighted by Gasteiger charge is 2.26. The Balaban J connectivity index is 1.73. The van der Waals surface area contributed by atoms with Crippen molar-refractivity contribution in [3.8, 4) is 0 Å². The lowest BCUT2D eigenvalue weighted by molar-refractivity contribution is -0.117. The molecule has 0 fully saturated rings. The number of hydrogen-bond acceptors (Lipinski definition) is 3. The number of aromatic nitrogens is 1. The van der Waals surface area contributed by atoms with Crippen molar-refractivity contribution in [2.45, 2.75) is 18.9 Å². The molecule has 1 atom stereocenters. The maximum atomic E-state index is 12.3. The third kappa shape index (κ3) is 3.11. The van der Waals surface area contributed by atoms with Crippen LogP contribution in [0.5, 0.6) is 0 Å². The van der Waals surface area contributed by atoms with Gasteiger partial charge in [-0.2, -0.15) is 0 Å². The second-order valence-electron chi connectivity index (χ2n) is 5.43. The Morgan fingerprint density at radius 1 is 1.29 bits per heavy atom. The molecule has 1 amide bonds. The van der Waals surface area contributed by atoms with Crippen molar-refractivity contribution >= 4 is 11.6 Å². The second-order valence-corrected chi connectivity index (χ2v) is 5.43. The summed E-state index contributed by atoms with van der Waals surface area (Å²) < 4.78 is 0. The molecule has 4 heteroatoms. The molecule has 1 aromatic carbocycles. The van der Waals surface area contributed by atoms with Gasteiger partial charge in [0.1, 0.15) is 0 Å². The molecule has 108 valence electrons. The van der Waals surface area contributed by atoms with Crippen LogP contribution in [-0.2, 0) is 11.2 Å². The number of rotatable bonds is 3. The summed E-state index contributed by atoms with van der Waals surface area (Å²) in [6.07, 6.45) is 4.88. The standard InChI is InChI=1S/C17H19N3O/c1-20-11-8-13-4-2-3-5-15(13)16(20)12-17(21)19-14-6-9-18-10-7-14/h2-7,9-10,16H,8,11-12H2,1H3,(H,18,19,21). The first-order chi connectivity index (χ1) is 10.2. The summed E-state index contributed by atoms with van der Waals surface area (Å²) in [5.41, 5.74) is 3.43. The molecule has 1 aliphatic rings. The number of pyridine rings is 1. The molecule has 1 unspecified atom stereocenters. The molecule has 0 bridgehead atoms. The van der Waals surface area contributed by atoms with Crippen molar-refractivity contribution in [1.82, 2.24) is 9.88 Å². The number of amides is 1. The van der Waals surface area contributed by atoms with E-state index in [0.717, 1.165) is 18.7 Å². The van der Waals surface area contributed by atoms with Gasteiger partial charge in [0.2, 0.25) is 5.91 Å². The molecule has 2 heterocycles. The predicted molar refractivity (Wildman–Crippen MR) is 83.0 cm³/mol. The fourth-order valence-corrected chi connectivity index (χ4v) is 2.87. The average molecular weight is 281 g/mol. The molecule has 0 aliphatic carbocycles. The van der Waals surface area contributed by atoms with Crippen LogP contribution in [0.2, 0.25) is 0 Å². The zero-order valence-corrected chi connectivity index (χ0v) is 12.1. The number of likely N-dealkylation sites (N-methyl/N-ethyl adjacent to an activating group) is 1. The minimum absolute atomic E-state index is 0.0368. The second kappa shape index (κ2) is 6.06. The van der Waals surface area contributed by atoms with Crippen molar-refractivity contribution in [3.05, 3.63) is 59.9 Å². The molecule has 4 nitrogen and oxygen atoms in total. The van der Waals surface area contributed by atoms with Gasteiger partial charge in [-0.05, 0) is 36.7 Å². The third-order valence-electron chi connectivity index (χ3n) is 4.02. The normalized spacial score (nSPS) is 18.0. The van der Waals surface area contributed by atoms with E-state index in [2.05, 4.69) is 40.4 Å². The molecule has 0 radical (unpaired) electrons. The summed E-state index contributed by atoms with van der Waals surface area (Å²) in [6, 6.07) is 12.2. The Morgan fingerprint density at radius 3 is 2.86 bits per heavy atom. The highest BCUT2D eigenvalue weighted by molar-refractivity contribution is 5.91. The van der Waals surface area contributed by atoms with E-state index in [0.29, 0.717) is 6.42 Å². The monoisotopic (exact) mass is 281 g/mol. The smallest absolute Gasteiger partial charge is 0.226 e. The van der Waals surface area contributed by atoms with Gasteiger partial charge in [0, 0.05) is 37.1 Å². The Hall–Kier alpha value is -2.20. The van der Waals surface area contributed by atoms with Crippen molar-refractivity contribution in [2.24, 2.45) is 0 Å². The SMILES string of the molecule is CN1CCc2ccccc2C1CC(=O)Nc1ccncc1. The van der Waals surface area contributed by atoms with Gasteiger partial charge in [0.25, 0.3) is 0 Å². The van der Waals surface area contributed by atoms with Gasteiger partial charge < -0.3 is 5.32 Å². The molecule has 1 N–H and O–H groups in total. The minimum atomic E-state index is 0.0368. The van der Waals surface area contributed by atoms with Crippen molar-refractivity contribution in [2.75, 3.05) is 18.9 Å². The lowest BCUT2D eigenvalue weighted by atomic mass is 9.91. The van der Waals surface area contributed by atoms with E-state index in [1.54, 1.807) is 24.5 Å². The first kappa shape index (κ1) is 13.8. The molecule has 2 aromatic rings. The molecule has 0 saturated carbocycles. The van der Waals surface area contributed by atoms with E-state index < -0.39 is 0 Å². The first-order valence-electron chi connectivity index (χ1n) is 7.22. The number of nitrogens with zero attached hydrogens (tertiary/aromatic N) is 2. The maximum absolute atomic E-state index is 12.3. The zero-order valence-electron chi connectivity index (χ0n) is 12.1. The summed E-state index contributed by atoms with van der Waals surface area (Å²) >= 11 is 0. The van der Waals surface area contributed by atoms with Gasteiger partial charge in [0.15, 0.2) is 0 Å². The highest BCUT2D eigenvalue weighted by atomic mass is 16.1. The minimum Gasteiger partial charge on any atom is -0.326 e. The lowest BCUT2D eigenvalue weighted by Gasteiger charge is -2.34. The molecular formula is C17H19N3O. The molecule has 0 saturated heterocycles. The molecule has 3 rings (SSSR count). The van der Waals surface area contributed by atoms with E-state index in [4.69, 9.17) is 0 Å². The summed E-state index contributed by atoms with van der Waals surface area (Å²) in [5.74, 6) is 0.0368. The molecule has 21 heavy (non-hydrogen) atoms. The number of anilines is 1. The van der Waals surface area contributed by atoms with Crippen molar-refractivity contribution in [3.63, 3.8) is 0 Å². The van der Waals surface area contributed by atoms with Crippen LogP contribution in [-0.4, -0.2) is 29.4 Å². The van der Waals surface area contributed by atoms with Crippen LogP contribution in [0, 0.1) is 0 Å². The van der Waals surface area contributed by atoms with E-state index in [1.165, 1.54) is 11.1 Å². The van der Waals surface area contributed by atoms with Crippen molar-refractivity contribution < 1.29 is 4.79 Å². The van der Waals surface area contributed by atoms with Gasteiger partial charge in [-0.15, -0.1) is 0 Å². The number of benzene rings is 1. The number of fused-ring (bicyclic) bond motifs is 1. The van der Waals surface area contributed by atoms with Gasteiger partial charge in [-0.25, -0.2) is 0 Å². The number of hydrogen-bond donors (Lipinski definition) is 1. The Morgan fingerprint density at radius 2 is 2.05 bits per heavy atom. The van der Waals surface area contributed by atoms with E-state index in [1.807, 2.05) is 6.07 Å². The summed E-state index contributed by atoms with van der Waals surface area (Å²) in [6.45, 7) is 0.990. The average Bonchev–Trinajstić information content (AvgIpc) is 2.51. The lowest BCUT2D eigenvalue weighted by Crippen LogP contribution is -2.34. The Bertz CT molecular complexity index is 627. The van der Waals surface area contributed by atoms with Gasteiger partial charge in [-0.3, -0.25) is 14.7 Å². The van der Waals surface area contributed by atoms with Gasteiger partial charge >= 0.3 is 0 Å². The van der Waals surface area contributed by atoms with Crippen LogP contribution in [0.3, 0.4) is 0 Å². The first-order valence-corrected chi connectivity index (χ1v) is 7.22. The molecule has 1 aliphatic heterocycles. The quantitative estimate of drug-likeness (QED) is 0.940. The van der Waals surface area contributed by atoms with Crippen LogP contribution >= 0.6 is 0 Å². The third-order valence-corrected chi connectivity index (χ3v) is 4.02. The largest absolute Gasteiger partial charge is 0.326 e. The van der Waals surface area contributed by atoms with Gasteiger partial charge in [-0.1, -0.05) is 24.3 Å². The van der Waals surface area contributed by atoms with Crippen LogP contribution in [0.1, 0.15) is 23.6 Å². The number of carbonyl (C=O) groups is 1. The Labute approximate surface area is 124 Å². The summed E-state index contributed by atoms with van der Waals surface area (Å²) in [4.78, 5) is 18.5. The molecular weight excluding hydrogens is 262 g/mol. The fourth-order valence-electron chi connectivity index (χ4n) is 2.87. The Kier molecular flexibility index (Phi) is 3.97. The summed E-state index contributed by atoms with van der Waals surface area (Å²) in [5, 5.41) is 2.93. The number of carbonyl (C=O) groups excluding carboxylic acids is 1. The zero-order chi connectivity index (χ0) is 14.7. The fraction of sp³-hybridized carbons (Fsp3) is 0.294.